The summed E-state index contributed by atoms with van der Waals surface area (Å²) in [6, 6.07) is 0. The Balaban J connectivity index is 2.32. The summed E-state index contributed by atoms with van der Waals surface area (Å²) >= 11 is 2.57. The number of nitrogens with one attached hydrogen (secondary N) is 4. The molecule has 0 aliphatic carbocycles. The minimum absolute atomic E-state index is 0.0823. The van der Waals surface area contributed by atoms with Crippen LogP contribution in [0.2, 0.25) is 0 Å². The molecule has 0 radical (unpaired) electrons. The molecule has 8 nitrogen and oxygen atoms in total. The van der Waals surface area contributed by atoms with Gasteiger partial charge in [-0.05, 0) is 25.7 Å². The van der Waals surface area contributed by atoms with E-state index in [1.807, 2.05) is 0 Å². The Bertz CT molecular complexity index is 395. The molecule has 0 aromatic rings. The summed E-state index contributed by atoms with van der Waals surface area (Å²) in [5.74, 6) is 0.700. The molecule has 0 aromatic carbocycles. The molecule has 4 amide bonds. The number of hydrogen-bond donors (Lipinski definition) is 4. The highest BCUT2D eigenvalue weighted by Gasteiger charge is 2.07. The Labute approximate surface area is 162 Å². The first-order chi connectivity index (χ1) is 12.6. The molecule has 1 heterocycles. The highest BCUT2D eigenvalue weighted by molar-refractivity contribution is 8.00. The average molecular weight is 405 g/mol. The molecule has 148 valence electrons. The largest absolute Gasteiger partial charge is 0.355 e. The van der Waals surface area contributed by atoms with E-state index in [0.717, 1.165) is 25.7 Å². The molecule has 1 fully saturated rings. The predicted molar refractivity (Wildman–Crippen MR) is 105 cm³/mol. The van der Waals surface area contributed by atoms with Gasteiger partial charge >= 0.3 is 0 Å². The van der Waals surface area contributed by atoms with Crippen LogP contribution in [0.15, 0.2) is 0 Å². The second kappa shape index (κ2) is 14.7. The lowest BCUT2D eigenvalue weighted by molar-refractivity contribution is -0.120. The normalized spacial score (nSPS) is 21.2. The Morgan fingerprint density at radius 1 is 0.462 bits per heavy atom. The summed E-state index contributed by atoms with van der Waals surface area (Å²) in [4.78, 5) is 46.6. The molecular weight excluding hydrogens is 376 g/mol. The molecule has 10 heteroatoms. The molecule has 1 aliphatic rings. The molecule has 0 aromatic heterocycles. The van der Waals surface area contributed by atoms with Crippen molar-refractivity contribution >= 4 is 47.2 Å². The molecule has 1 saturated heterocycles. The summed E-state index contributed by atoms with van der Waals surface area (Å²) in [6.45, 7) is 2.21. The van der Waals surface area contributed by atoms with Crippen molar-refractivity contribution in [3.8, 4) is 0 Å². The van der Waals surface area contributed by atoms with E-state index in [9.17, 15) is 19.2 Å². The van der Waals surface area contributed by atoms with Crippen molar-refractivity contribution in [3.05, 3.63) is 0 Å². The van der Waals surface area contributed by atoms with E-state index in [1.54, 1.807) is 0 Å². The molecular formula is C16H28N4O4S2. The van der Waals surface area contributed by atoms with Crippen molar-refractivity contribution < 1.29 is 19.2 Å². The van der Waals surface area contributed by atoms with Crippen LogP contribution in [0.1, 0.15) is 25.7 Å². The summed E-state index contributed by atoms with van der Waals surface area (Å²) < 4.78 is 0. The van der Waals surface area contributed by atoms with Gasteiger partial charge in [-0.2, -0.15) is 0 Å². The number of rotatable bonds is 0. The van der Waals surface area contributed by atoms with Crippen LogP contribution in [0.4, 0.5) is 0 Å². The van der Waals surface area contributed by atoms with Gasteiger partial charge in [-0.25, -0.2) is 0 Å². The highest BCUT2D eigenvalue weighted by atomic mass is 32.2. The molecule has 0 spiro atoms. The van der Waals surface area contributed by atoms with Crippen molar-refractivity contribution in [1.29, 1.82) is 0 Å². The standard InChI is InChI=1S/C16H28N4O4S2/c21-13-9-25-11-15(23)19-7-3-4-8-20-16(24)12-26-10-14(22)18-6-2-1-5-17-13/h1-12H2,(H,17,21)(H,18,22)(H,19,23)(H,20,24). The number of carbonyl (C=O) groups is 4. The van der Waals surface area contributed by atoms with Gasteiger partial charge in [0.1, 0.15) is 0 Å². The Morgan fingerprint density at radius 2 is 0.692 bits per heavy atom. The van der Waals surface area contributed by atoms with Crippen LogP contribution in [0.3, 0.4) is 0 Å². The maximum atomic E-state index is 11.6. The minimum atomic E-state index is -0.0823. The van der Waals surface area contributed by atoms with Gasteiger partial charge in [0.15, 0.2) is 0 Å². The SMILES string of the molecule is O=C1CSCC(=O)NCCCCNC(=O)CSCC(=O)NCCCCN1. The Morgan fingerprint density at radius 3 is 0.923 bits per heavy atom. The molecule has 0 saturated carbocycles. The monoisotopic (exact) mass is 404 g/mol. The molecule has 0 atom stereocenters. The third-order valence-electron chi connectivity index (χ3n) is 3.43. The minimum Gasteiger partial charge on any atom is -0.355 e. The zero-order chi connectivity index (χ0) is 19.0. The number of hydrogen-bond acceptors (Lipinski definition) is 6. The van der Waals surface area contributed by atoms with Gasteiger partial charge < -0.3 is 21.3 Å². The topological polar surface area (TPSA) is 116 Å². The van der Waals surface area contributed by atoms with E-state index >= 15 is 0 Å². The van der Waals surface area contributed by atoms with Crippen LogP contribution < -0.4 is 21.3 Å². The van der Waals surface area contributed by atoms with Crippen LogP contribution in [-0.2, 0) is 19.2 Å². The Hall–Kier alpha value is -1.42. The van der Waals surface area contributed by atoms with E-state index in [4.69, 9.17) is 0 Å². The first-order valence-corrected chi connectivity index (χ1v) is 11.1. The fraction of sp³-hybridized carbons (Fsp3) is 0.750. The van der Waals surface area contributed by atoms with Crippen molar-refractivity contribution in [2.75, 3.05) is 49.2 Å². The van der Waals surface area contributed by atoms with E-state index in [2.05, 4.69) is 21.3 Å². The van der Waals surface area contributed by atoms with Gasteiger partial charge in [0.25, 0.3) is 0 Å². The van der Waals surface area contributed by atoms with Crippen LogP contribution in [0.25, 0.3) is 0 Å². The van der Waals surface area contributed by atoms with Gasteiger partial charge in [-0.3, -0.25) is 19.2 Å². The third-order valence-corrected chi connectivity index (χ3v) is 5.29. The lowest BCUT2D eigenvalue weighted by Gasteiger charge is -2.09. The van der Waals surface area contributed by atoms with Gasteiger partial charge in [-0.1, -0.05) is 0 Å². The van der Waals surface area contributed by atoms with Crippen LogP contribution in [0.5, 0.6) is 0 Å². The zero-order valence-corrected chi connectivity index (χ0v) is 16.6. The van der Waals surface area contributed by atoms with Crippen molar-refractivity contribution in [1.82, 2.24) is 21.3 Å². The fourth-order valence-electron chi connectivity index (χ4n) is 2.09. The molecule has 1 aliphatic heterocycles. The maximum absolute atomic E-state index is 11.6. The smallest absolute Gasteiger partial charge is 0.230 e. The summed E-state index contributed by atoms with van der Waals surface area (Å²) in [6.07, 6.45) is 3.08. The third kappa shape index (κ3) is 12.9. The van der Waals surface area contributed by atoms with Gasteiger partial charge in [0.05, 0.1) is 23.0 Å². The van der Waals surface area contributed by atoms with Crippen LogP contribution in [-0.4, -0.2) is 72.8 Å². The Kier molecular flexibility index (Phi) is 12.8. The quantitative estimate of drug-likeness (QED) is 0.432. The summed E-state index contributed by atoms with van der Waals surface area (Å²) in [5.41, 5.74) is 0. The van der Waals surface area contributed by atoms with E-state index < -0.39 is 0 Å². The van der Waals surface area contributed by atoms with Crippen molar-refractivity contribution in [2.24, 2.45) is 0 Å². The maximum Gasteiger partial charge on any atom is 0.230 e. The second-order valence-corrected chi connectivity index (χ2v) is 7.77. The van der Waals surface area contributed by atoms with Gasteiger partial charge in [0, 0.05) is 26.2 Å². The highest BCUT2D eigenvalue weighted by Crippen LogP contribution is 2.00. The first-order valence-electron chi connectivity index (χ1n) is 8.80. The van der Waals surface area contributed by atoms with Crippen LogP contribution >= 0.6 is 23.5 Å². The molecule has 26 heavy (non-hydrogen) atoms. The van der Waals surface area contributed by atoms with E-state index in [1.165, 1.54) is 23.5 Å². The van der Waals surface area contributed by atoms with E-state index in [0.29, 0.717) is 26.2 Å². The number of thioether (sulfide) groups is 2. The molecule has 0 unspecified atom stereocenters. The molecule has 0 bridgehead atoms. The van der Waals surface area contributed by atoms with Crippen LogP contribution in [0, 0.1) is 0 Å². The zero-order valence-electron chi connectivity index (χ0n) is 14.9. The lowest BCUT2D eigenvalue weighted by atomic mass is 10.3. The van der Waals surface area contributed by atoms with Crippen molar-refractivity contribution in [2.45, 2.75) is 25.7 Å². The number of amides is 4. The van der Waals surface area contributed by atoms with Gasteiger partial charge in [-0.15, -0.1) is 23.5 Å². The first kappa shape index (κ1) is 22.6. The lowest BCUT2D eigenvalue weighted by Crippen LogP contribution is -2.31. The average Bonchev–Trinajstić information content (AvgIpc) is 2.60. The summed E-state index contributed by atoms with van der Waals surface area (Å²) in [7, 11) is 0. The van der Waals surface area contributed by atoms with Gasteiger partial charge in [0.2, 0.25) is 23.6 Å². The second-order valence-electron chi connectivity index (χ2n) is 5.80. The predicted octanol–water partition coefficient (Wildman–Crippen LogP) is -0.508. The number of carbonyl (C=O) groups excluding carboxylic acids is 4. The van der Waals surface area contributed by atoms with E-state index in [-0.39, 0.29) is 46.6 Å². The molecule has 1 rings (SSSR count). The van der Waals surface area contributed by atoms with Crippen molar-refractivity contribution in [3.63, 3.8) is 0 Å². The molecule has 4 N–H and O–H groups in total. The summed E-state index contributed by atoms with van der Waals surface area (Å²) in [5, 5.41) is 11.2. The fourth-order valence-corrected chi connectivity index (χ4v) is 3.44.